The minimum absolute atomic E-state index is 0.0902. The molecule has 0 amide bonds. The van der Waals surface area contributed by atoms with Gasteiger partial charge in [-0.1, -0.05) is 12.1 Å². The predicted octanol–water partition coefficient (Wildman–Crippen LogP) is 3.30. The van der Waals surface area contributed by atoms with Crippen LogP contribution >= 0.6 is 0 Å². The second-order valence-electron chi connectivity index (χ2n) is 4.02. The Morgan fingerprint density at radius 2 is 2.10 bits per heavy atom. The zero-order valence-electron chi connectivity index (χ0n) is 10.2. The van der Waals surface area contributed by atoms with Gasteiger partial charge in [0.1, 0.15) is 11.7 Å². The number of nitriles is 1. The lowest BCUT2D eigenvalue weighted by atomic mass is 10.2. The summed E-state index contributed by atoms with van der Waals surface area (Å²) in [6.07, 6.45) is 2.10. The second kappa shape index (κ2) is 4.86. The van der Waals surface area contributed by atoms with Gasteiger partial charge in [-0.25, -0.2) is 4.98 Å². The zero-order valence-corrected chi connectivity index (χ0v) is 10.2. The Morgan fingerprint density at radius 1 is 1.25 bits per heavy atom. The van der Waals surface area contributed by atoms with E-state index in [1.165, 1.54) is 6.20 Å². The summed E-state index contributed by atoms with van der Waals surface area (Å²) in [4.78, 5) is 14.6. The van der Waals surface area contributed by atoms with Crippen molar-refractivity contribution in [1.29, 1.82) is 5.26 Å². The van der Waals surface area contributed by atoms with Gasteiger partial charge >= 0.3 is 0 Å². The third-order valence-electron chi connectivity index (χ3n) is 2.75. The predicted molar refractivity (Wildman–Crippen MR) is 70.6 cm³/mol. The Balaban J connectivity index is 2.05. The van der Waals surface area contributed by atoms with E-state index in [1.54, 1.807) is 24.3 Å². The SMILES string of the molecule is N#Cc1oc2ccccc2c1Oc1ccc(C=O)cn1. The van der Waals surface area contributed by atoms with Crippen molar-refractivity contribution >= 4 is 17.3 Å². The number of para-hydroxylation sites is 1. The van der Waals surface area contributed by atoms with Crippen LogP contribution in [0, 0.1) is 11.3 Å². The van der Waals surface area contributed by atoms with Gasteiger partial charge in [0, 0.05) is 17.8 Å². The molecule has 5 nitrogen and oxygen atoms in total. The van der Waals surface area contributed by atoms with Crippen LogP contribution in [0.25, 0.3) is 11.0 Å². The average Bonchev–Trinajstić information content (AvgIpc) is 2.86. The number of rotatable bonds is 3. The molecule has 0 unspecified atom stereocenters. The summed E-state index contributed by atoms with van der Waals surface area (Å²) >= 11 is 0. The molecule has 0 saturated carbocycles. The third-order valence-corrected chi connectivity index (χ3v) is 2.75. The van der Waals surface area contributed by atoms with Crippen molar-refractivity contribution in [3.8, 4) is 17.7 Å². The van der Waals surface area contributed by atoms with Gasteiger partial charge in [-0.15, -0.1) is 0 Å². The van der Waals surface area contributed by atoms with Crippen LogP contribution in [0.3, 0.4) is 0 Å². The molecule has 0 aliphatic carbocycles. The van der Waals surface area contributed by atoms with Gasteiger partial charge in [0.25, 0.3) is 0 Å². The topological polar surface area (TPSA) is 76.1 Å². The molecular weight excluding hydrogens is 256 g/mol. The molecule has 0 spiro atoms. The minimum atomic E-state index is 0.0902. The summed E-state index contributed by atoms with van der Waals surface area (Å²) in [5.74, 6) is 0.709. The van der Waals surface area contributed by atoms with E-state index in [2.05, 4.69) is 4.98 Å². The molecule has 0 N–H and O–H groups in total. The fourth-order valence-electron chi connectivity index (χ4n) is 1.82. The fraction of sp³-hybridized carbons (Fsp3) is 0. The lowest BCUT2D eigenvalue weighted by Crippen LogP contribution is -1.90. The van der Waals surface area contributed by atoms with Gasteiger partial charge in [-0.2, -0.15) is 5.26 Å². The number of hydrogen-bond acceptors (Lipinski definition) is 5. The Bertz CT molecular complexity index is 813. The van der Waals surface area contributed by atoms with E-state index >= 15 is 0 Å². The highest BCUT2D eigenvalue weighted by molar-refractivity contribution is 5.86. The van der Waals surface area contributed by atoms with E-state index in [9.17, 15) is 4.79 Å². The Hall–Kier alpha value is -3.13. The van der Waals surface area contributed by atoms with Crippen LogP contribution in [-0.4, -0.2) is 11.3 Å². The molecule has 96 valence electrons. The number of ether oxygens (including phenoxy) is 1. The number of carbonyl (C=O) groups is 1. The minimum Gasteiger partial charge on any atom is -0.442 e. The van der Waals surface area contributed by atoms with Gasteiger partial charge in [0.15, 0.2) is 12.0 Å². The quantitative estimate of drug-likeness (QED) is 0.678. The number of hydrogen-bond donors (Lipinski definition) is 0. The zero-order chi connectivity index (χ0) is 13.9. The van der Waals surface area contributed by atoms with Gasteiger partial charge in [-0.3, -0.25) is 4.79 Å². The smallest absolute Gasteiger partial charge is 0.247 e. The third kappa shape index (κ3) is 1.99. The number of fused-ring (bicyclic) bond motifs is 1. The molecule has 0 atom stereocenters. The highest BCUT2D eigenvalue weighted by atomic mass is 16.5. The van der Waals surface area contributed by atoms with E-state index in [0.717, 1.165) is 0 Å². The van der Waals surface area contributed by atoms with Crippen LogP contribution < -0.4 is 4.74 Å². The molecule has 0 aliphatic heterocycles. The summed E-state index contributed by atoms with van der Waals surface area (Å²) in [7, 11) is 0. The Kier molecular flexibility index (Phi) is 2.90. The normalized spacial score (nSPS) is 10.2. The molecule has 20 heavy (non-hydrogen) atoms. The van der Waals surface area contributed by atoms with E-state index in [0.29, 0.717) is 34.4 Å². The molecule has 0 aliphatic rings. The molecule has 0 saturated heterocycles. The van der Waals surface area contributed by atoms with Gasteiger partial charge in [-0.05, 0) is 18.2 Å². The molecule has 0 fully saturated rings. The molecule has 0 bridgehead atoms. The van der Waals surface area contributed by atoms with Gasteiger partial charge < -0.3 is 9.15 Å². The van der Waals surface area contributed by atoms with Crippen LogP contribution in [-0.2, 0) is 0 Å². The first-order chi connectivity index (χ1) is 9.81. The molecular formula is C15H8N2O3. The van der Waals surface area contributed by atoms with Crippen molar-refractivity contribution < 1.29 is 13.9 Å². The lowest BCUT2D eigenvalue weighted by molar-refractivity contribution is 0.112. The molecule has 5 heteroatoms. The van der Waals surface area contributed by atoms with Crippen molar-refractivity contribution in [1.82, 2.24) is 4.98 Å². The number of aldehydes is 1. The number of nitrogens with zero attached hydrogens (tertiary/aromatic N) is 2. The summed E-state index contributed by atoms with van der Waals surface area (Å²) in [5, 5.41) is 9.79. The van der Waals surface area contributed by atoms with Gasteiger partial charge in [0.05, 0.1) is 5.39 Å². The number of furan rings is 1. The van der Waals surface area contributed by atoms with E-state index in [-0.39, 0.29) is 5.76 Å². The second-order valence-corrected chi connectivity index (χ2v) is 4.02. The van der Waals surface area contributed by atoms with Crippen molar-refractivity contribution in [2.24, 2.45) is 0 Å². The summed E-state index contributed by atoms with van der Waals surface area (Å²) < 4.78 is 11.0. The van der Waals surface area contributed by atoms with Crippen LogP contribution in [0.15, 0.2) is 47.0 Å². The first kappa shape index (κ1) is 11.9. The maximum Gasteiger partial charge on any atom is 0.247 e. The van der Waals surface area contributed by atoms with Crippen molar-refractivity contribution in [2.75, 3.05) is 0 Å². The standard InChI is InChI=1S/C15H8N2O3/c16-7-13-15(11-3-1-2-4-12(11)19-13)20-14-6-5-10(9-18)8-17-14/h1-6,8-9H. The largest absolute Gasteiger partial charge is 0.442 e. The highest BCUT2D eigenvalue weighted by Gasteiger charge is 2.16. The molecule has 3 rings (SSSR count). The van der Waals surface area contributed by atoms with E-state index < -0.39 is 0 Å². The van der Waals surface area contributed by atoms with Crippen molar-refractivity contribution in [2.45, 2.75) is 0 Å². The number of carbonyl (C=O) groups excluding carboxylic acids is 1. The molecule has 1 aromatic carbocycles. The van der Waals surface area contributed by atoms with E-state index in [4.69, 9.17) is 14.4 Å². The monoisotopic (exact) mass is 264 g/mol. The van der Waals surface area contributed by atoms with Crippen LogP contribution in [0.5, 0.6) is 11.6 Å². The summed E-state index contributed by atoms with van der Waals surface area (Å²) in [6, 6.07) is 12.3. The summed E-state index contributed by atoms with van der Waals surface area (Å²) in [6.45, 7) is 0. The maximum absolute atomic E-state index is 10.6. The number of aromatic nitrogens is 1. The van der Waals surface area contributed by atoms with Crippen molar-refractivity contribution in [3.05, 3.63) is 53.9 Å². The molecule has 2 heterocycles. The fourth-order valence-corrected chi connectivity index (χ4v) is 1.82. The first-order valence-corrected chi connectivity index (χ1v) is 5.82. The Labute approximate surface area is 114 Å². The van der Waals surface area contributed by atoms with Crippen molar-refractivity contribution in [3.63, 3.8) is 0 Å². The lowest BCUT2D eigenvalue weighted by Gasteiger charge is -2.02. The number of pyridine rings is 1. The van der Waals surface area contributed by atoms with Crippen LogP contribution in [0.4, 0.5) is 0 Å². The van der Waals surface area contributed by atoms with Crippen LogP contribution in [0.1, 0.15) is 16.1 Å². The van der Waals surface area contributed by atoms with Crippen LogP contribution in [0.2, 0.25) is 0 Å². The maximum atomic E-state index is 10.6. The molecule has 0 radical (unpaired) electrons. The van der Waals surface area contributed by atoms with E-state index in [1.807, 2.05) is 18.2 Å². The molecule has 2 aromatic heterocycles. The average molecular weight is 264 g/mol. The van der Waals surface area contributed by atoms with Gasteiger partial charge in [0.2, 0.25) is 11.6 Å². The number of benzene rings is 1. The first-order valence-electron chi connectivity index (χ1n) is 5.82. The molecule has 3 aromatic rings. The summed E-state index contributed by atoms with van der Waals surface area (Å²) in [5.41, 5.74) is 1.03. The highest BCUT2D eigenvalue weighted by Crippen LogP contribution is 2.35. The Morgan fingerprint density at radius 3 is 2.80 bits per heavy atom.